The molecule has 0 aliphatic rings. The van der Waals surface area contributed by atoms with Crippen LogP contribution in [0.25, 0.3) is 0 Å². The highest BCUT2D eigenvalue weighted by molar-refractivity contribution is 5.14. The van der Waals surface area contributed by atoms with Crippen LogP contribution in [0.1, 0.15) is 5.56 Å². The van der Waals surface area contributed by atoms with Gasteiger partial charge in [-0.25, -0.2) is 0 Å². The molecule has 0 aromatic heterocycles. The van der Waals surface area contributed by atoms with Crippen molar-refractivity contribution in [1.82, 2.24) is 4.90 Å². The van der Waals surface area contributed by atoms with Gasteiger partial charge >= 0.3 is 12.4 Å². The molecule has 0 saturated heterocycles. The Hall–Kier alpha value is -1.32. The van der Waals surface area contributed by atoms with Crippen LogP contribution in [-0.2, 0) is 6.54 Å². The summed E-state index contributed by atoms with van der Waals surface area (Å²) < 4.78 is 74.1. The highest BCUT2D eigenvalue weighted by Gasteiger charge is 2.42. The molecule has 0 amide bonds. The number of aliphatic hydroxyl groups is 2. The average Bonchev–Trinajstić information content (AvgIpc) is 2.37. The zero-order valence-electron chi connectivity index (χ0n) is 11.3. The first-order chi connectivity index (χ1) is 10.00. The summed E-state index contributed by atoms with van der Waals surface area (Å²) in [4.78, 5) is 0.714. The van der Waals surface area contributed by atoms with Gasteiger partial charge in [-0.05, 0) is 5.56 Å². The zero-order valence-corrected chi connectivity index (χ0v) is 11.3. The van der Waals surface area contributed by atoms with Gasteiger partial charge in [0.25, 0.3) is 0 Å². The van der Waals surface area contributed by atoms with Gasteiger partial charge < -0.3 is 10.2 Å². The molecule has 0 fully saturated rings. The fraction of sp³-hybridized carbons (Fsp3) is 0.538. The maximum absolute atomic E-state index is 12.4. The lowest BCUT2D eigenvalue weighted by atomic mass is 10.2. The molecule has 2 atom stereocenters. The first-order valence-corrected chi connectivity index (χ1v) is 6.26. The molecule has 3 nitrogen and oxygen atoms in total. The third-order valence-corrected chi connectivity index (χ3v) is 2.87. The van der Waals surface area contributed by atoms with E-state index in [1.807, 2.05) is 0 Å². The Balaban J connectivity index is 2.81. The van der Waals surface area contributed by atoms with E-state index < -0.39 is 37.7 Å². The lowest BCUT2D eigenvalue weighted by Gasteiger charge is -2.28. The molecule has 1 aromatic rings. The molecule has 0 bridgehead atoms. The van der Waals surface area contributed by atoms with E-state index in [-0.39, 0.29) is 6.54 Å². The quantitative estimate of drug-likeness (QED) is 0.787. The molecule has 2 unspecified atom stereocenters. The molecule has 1 aromatic carbocycles. The van der Waals surface area contributed by atoms with Gasteiger partial charge in [-0.3, -0.25) is 4.90 Å². The molecule has 22 heavy (non-hydrogen) atoms. The number of rotatable bonds is 6. The van der Waals surface area contributed by atoms with Gasteiger partial charge in [0.2, 0.25) is 0 Å². The molecule has 0 saturated carbocycles. The van der Waals surface area contributed by atoms with Gasteiger partial charge in [0.05, 0.1) is 0 Å². The van der Waals surface area contributed by atoms with Crippen molar-refractivity contribution in [2.45, 2.75) is 31.1 Å². The third-order valence-electron chi connectivity index (χ3n) is 2.87. The van der Waals surface area contributed by atoms with Crippen molar-refractivity contribution in [3.8, 4) is 0 Å². The summed E-state index contributed by atoms with van der Waals surface area (Å²) in [6.07, 6.45) is -15.5. The number of hydrogen-bond acceptors (Lipinski definition) is 3. The van der Waals surface area contributed by atoms with Gasteiger partial charge in [-0.2, -0.15) is 26.3 Å². The van der Waals surface area contributed by atoms with Gasteiger partial charge in [0.15, 0.2) is 12.2 Å². The van der Waals surface area contributed by atoms with Crippen molar-refractivity contribution in [1.29, 1.82) is 0 Å². The van der Waals surface area contributed by atoms with Crippen LogP contribution in [0, 0.1) is 0 Å². The number of nitrogens with zero attached hydrogens (tertiary/aromatic N) is 1. The van der Waals surface area contributed by atoms with Crippen LogP contribution in [0.15, 0.2) is 30.3 Å². The van der Waals surface area contributed by atoms with Crippen LogP contribution < -0.4 is 0 Å². The lowest BCUT2D eigenvalue weighted by Crippen LogP contribution is -2.46. The van der Waals surface area contributed by atoms with E-state index in [4.69, 9.17) is 10.2 Å². The van der Waals surface area contributed by atoms with Crippen LogP contribution in [0.2, 0.25) is 0 Å². The number of aliphatic hydroxyl groups excluding tert-OH is 2. The van der Waals surface area contributed by atoms with Crippen molar-refractivity contribution in [2.75, 3.05) is 13.1 Å². The largest absolute Gasteiger partial charge is 0.415 e. The summed E-state index contributed by atoms with van der Waals surface area (Å²) in [6, 6.07) is 7.84. The Kier molecular flexibility index (Phi) is 6.21. The standard InChI is InChI=1S/C13H15F6NO2/c14-12(15,16)10(21)7-20(8-11(22)13(17,18)19)6-9-4-2-1-3-5-9/h1-5,10-11,21-22H,6-8H2. The summed E-state index contributed by atoms with van der Waals surface area (Å²) in [5, 5.41) is 18.0. The maximum atomic E-state index is 12.4. The number of alkyl halides is 6. The SMILES string of the molecule is OC(CN(Cc1ccccc1)CC(O)C(F)(F)F)C(F)(F)F. The van der Waals surface area contributed by atoms with Crippen LogP contribution >= 0.6 is 0 Å². The Labute approximate surface area is 122 Å². The Bertz CT molecular complexity index is 426. The van der Waals surface area contributed by atoms with E-state index in [9.17, 15) is 26.3 Å². The number of hydrogen-bond donors (Lipinski definition) is 2. The third kappa shape index (κ3) is 6.20. The predicted octanol–water partition coefficient (Wildman–Crippen LogP) is 2.34. The van der Waals surface area contributed by atoms with Crippen LogP contribution in [0.4, 0.5) is 26.3 Å². The van der Waals surface area contributed by atoms with Gasteiger partial charge in [0.1, 0.15) is 0 Å². The van der Waals surface area contributed by atoms with Crippen molar-refractivity contribution in [3.63, 3.8) is 0 Å². The summed E-state index contributed by atoms with van der Waals surface area (Å²) in [5.74, 6) is 0. The topological polar surface area (TPSA) is 43.7 Å². The van der Waals surface area contributed by atoms with E-state index in [1.165, 1.54) is 12.1 Å². The molecule has 2 N–H and O–H groups in total. The molecule has 0 aliphatic heterocycles. The minimum atomic E-state index is -4.95. The second-order valence-corrected chi connectivity index (χ2v) is 4.79. The van der Waals surface area contributed by atoms with E-state index in [0.717, 1.165) is 0 Å². The fourth-order valence-electron chi connectivity index (χ4n) is 1.74. The van der Waals surface area contributed by atoms with E-state index in [1.54, 1.807) is 18.2 Å². The zero-order chi connectivity index (χ0) is 17.0. The number of halogens is 6. The minimum absolute atomic E-state index is 0.263. The highest BCUT2D eigenvalue weighted by atomic mass is 19.4. The van der Waals surface area contributed by atoms with E-state index in [2.05, 4.69) is 0 Å². The monoisotopic (exact) mass is 331 g/mol. The Morgan fingerprint density at radius 2 is 1.23 bits per heavy atom. The molecule has 0 heterocycles. The summed E-state index contributed by atoms with van der Waals surface area (Å²) in [6.45, 7) is -2.39. The molecule has 0 spiro atoms. The molecular weight excluding hydrogens is 316 g/mol. The molecule has 0 radical (unpaired) electrons. The van der Waals surface area contributed by atoms with E-state index >= 15 is 0 Å². The van der Waals surface area contributed by atoms with Gasteiger partial charge in [-0.15, -0.1) is 0 Å². The van der Waals surface area contributed by atoms with Crippen molar-refractivity contribution >= 4 is 0 Å². The lowest BCUT2D eigenvalue weighted by molar-refractivity contribution is -0.221. The first-order valence-electron chi connectivity index (χ1n) is 6.26. The highest BCUT2D eigenvalue weighted by Crippen LogP contribution is 2.24. The number of benzene rings is 1. The molecular formula is C13H15F6NO2. The minimum Gasteiger partial charge on any atom is -0.382 e. The summed E-state index contributed by atoms with van der Waals surface area (Å²) in [7, 11) is 0. The maximum Gasteiger partial charge on any atom is 0.415 e. The molecule has 9 heteroatoms. The predicted molar refractivity (Wildman–Crippen MR) is 65.8 cm³/mol. The smallest absolute Gasteiger partial charge is 0.382 e. The normalized spacial score (nSPS) is 15.9. The van der Waals surface area contributed by atoms with Crippen LogP contribution in [0.5, 0.6) is 0 Å². The average molecular weight is 331 g/mol. The molecule has 1 rings (SSSR count). The fourth-order valence-corrected chi connectivity index (χ4v) is 1.74. The van der Waals surface area contributed by atoms with Crippen molar-refractivity contribution < 1.29 is 36.6 Å². The molecule has 126 valence electrons. The Morgan fingerprint density at radius 3 is 1.59 bits per heavy atom. The summed E-state index contributed by atoms with van der Waals surface area (Å²) in [5.41, 5.74) is 0.464. The second kappa shape index (κ2) is 7.30. The van der Waals surface area contributed by atoms with Crippen molar-refractivity contribution in [3.05, 3.63) is 35.9 Å². The van der Waals surface area contributed by atoms with Gasteiger partial charge in [0, 0.05) is 19.6 Å². The van der Waals surface area contributed by atoms with Crippen molar-refractivity contribution in [2.24, 2.45) is 0 Å². The van der Waals surface area contributed by atoms with Crippen LogP contribution in [0.3, 0.4) is 0 Å². The second-order valence-electron chi connectivity index (χ2n) is 4.79. The summed E-state index contributed by atoms with van der Waals surface area (Å²) >= 11 is 0. The Morgan fingerprint density at radius 1 is 0.818 bits per heavy atom. The van der Waals surface area contributed by atoms with E-state index in [0.29, 0.717) is 10.5 Å². The van der Waals surface area contributed by atoms with Crippen LogP contribution in [-0.4, -0.2) is 52.8 Å². The first kappa shape index (κ1) is 18.7. The van der Waals surface area contributed by atoms with Gasteiger partial charge in [-0.1, -0.05) is 30.3 Å². The molecule has 0 aliphatic carbocycles.